The van der Waals surface area contributed by atoms with E-state index in [2.05, 4.69) is 0 Å². The lowest BCUT2D eigenvalue weighted by molar-refractivity contribution is -0.138. The molecule has 1 heterocycles. The number of aliphatic hydroxyl groups excluding tert-OH is 3. The Bertz CT molecular complexity index is 531. The maximum Gasteiger partial charge on any atom is 0.416 e. The highest BCUT2D eigenvalue weighted by Crippen LogP contribution is 2.31. The first kappa shape index (κ1) is 18.1. The third-order valence-electron chi connectivity index (χ3n) is 3.83. The lowest BCUT2D eigenvalue weighted by Gasteiger charge is -2.36. The van der Waals surface area contributed by atoms with Gasteiger partial charge in [0.25, 0.3) is 0 Å². The van der Waals surface area contributed by atoms with Crippen LogP contribution in [0.3, 0.4) is 0 Å². The van der Waals surface area contributed by atoms with Gasteiger partial charge >= 0.3 is 6.18 Å². The number of alkyl halides is 3. The highest BCUT2D eigenvalue weighted by molar-refractivity contribution is 5.28. The van der Waals surface area contributed by atoms with Crippen molar-refractivity contribution in [3.63, 3.8) is 0 Å². The topological polar surface area (TPSA) is 63.9 Å². The van der Waals surface area contributed by atoms with E-state index >= 15 is 0 Å². The highest BCUT2D eigenvalue weighted by atomic mass is 19.4. The summed E-state index contributed by atoms with van der Waals surface area (Å²) < 4.78 is 64.8. The van der Waals surface area contributed by atoms with Crippen LogP contribution in [-0.2, 0) is 12.6 Å². The van der Waals surface area contributed by atoms with Crippen LogP contribution in [0.25, 0.3) is 0 Å². The lowest BCUT2D eigenvalue weighted by atomic mass is 10.0. The third-order valence-corrected chi connectivity index (χ3v) is 3.83. The zero-order valence-electron chi connectivity index (χ0n) is 11.9. The van der Waals surface area contributed by atoms with Gasteiger partial charge in [-0.1, -0.05) is 0 Å². The fourth-order valence-corrected chi connectivity index (χ4v) is 2.53. The number of hydrogen-bond acceptors (Lipinski definition) is 4. The van der Waals surface area contributed by atoms with Gasteiger partial charge in [0.05, 0.1) is 17.8 Å². The average molecular weight is 341 g/mol. The summed E-state index contributed by atoms with van der Waals surface area (Å²) in [6.07, 6.45) is -8.78. The Balaban J connectivity index is 2.07. The van der Waals surface area contributed by atoms with Crippen LogP contribution >= 0.6 is 0 Å². The molecule has 0 spiro atoms. The van der Waals surface area contributed by atoms with E-state index in [0.717, 1.165) is 0 Å². The molecule has 23 heavy (non-hydrogen) atoms. The number of halogens is 5. The number of likely N-dealkylation sites (tertiary alicyclic amines) is 1. The first-order valence-corrected chi connectivity index (χ1v) is 6.91. The first-order valence-electron chi connectivity index (χ1n) is 6.91. The molecule has 2 rings (SSSR count). The first-order chi connectivity index (χ1) is 10.6. The standard InChI is InChI=1S/C14H16F5NO3/c15-9-3-7(14(17,18)19)4-10(16)8(9)1-2-20-5-11(21)13(23)12(22)6-20/h3-4,11-13,21-23H,1-2,5-6H2/t11-,12+,13?. The molecule has 0 aromatic heterocycles. The predicted molar refractivity (Wildman–Crippen MR) is 69.5 cm³/mol. The second kappa shape index (κ2) is 6.68. The minimum Gasteiger partial charge on any atom is -0.389 e. The van der Waals surface area contributed by atoms with Gasteiger partial charge in [0.2, 0.25) is 0 Å². The highest BCUT2D eigenvalue weighted by Gasteiger charge is 2.34. The predicted octanol–water partition coefficient (Wildman–Crippen LogP) is 0.924. The van der Waals surface area contributed by atoms with Crippen molar-refractivity contribution in [1.29, 1.82) is 0 Å². The quantitative estimate of drug-likeness (QED) is 0.716. The van der Waals surface area contributed by atoms with Gasteiger partial charge in [-0.15, -0.1) is 0 Å². The lowest BCUT2D eigenvalue weighted by Crippen LogP contribution is -2.55. The Morgan fingerprint density at radius 3 is 1.91 bits per heavy atom. The summed E-state index contributed by atoms with van der Waals surface area (Å²) in [5.41, 5.74) is -1.89. The van der Waals surface area contributed by atoms with Crippen LogP contribution in [0.1, 0.15) is 11.1 Å². The Hall–Kier alpha value is -1.29. The molecule has 1 aromatic rings. The van der Waals surface area contributed by atoms with E-state index in [0.29, 0.717) is 0 Å². The second-order valence-electron chi connectivity index (χ2n) is 5.55. The molecule has 0 amide bonds. The molecule has 3 N–H and O–H groups in total. The zero-order chi connectivity index (χ0) is 17.4. The van der Waals surface area contributed by atoms with Gasteiger partial charge < -0.3 is 15.3 Å². The number of aliphatic hydroxyl groups is 3. The molecule has 4 nitrogen and oxygen atoms in total. The van der Waals surface area contributed by atoms with Gasteiger partial charge in [-0.25, -0.2) is 8.78 Å². The molecule has 0 saturated carbocycles. The monoisotopic (exact) mass is 341 g/mol. The van der Waals surface area contributed by atoms with Gasteiger partial charge in [-0.2, -0.15) is 13.2 Å². The summed E-state index contributed by atoms with van der Waals surface area (Å²) in [5.74, 6) is -2.59. The summed E-state index contributed by atoms with van der Waals surface area (Å²) in [5, 5.41) is 28.4. The van der Waals surface area contributed by atoms with Crippen molar-refractivity contribution >= 4 is 0 Å². The van der Waals surface area contributed by atoms with Crippen molar-refractivity contribution in [1.82, 2.24) is 4.90 Å². The Morgan fingerprint density at radius 2 is 1.48 bits per heavy atom. The molecule has 1 unspecified atom stereocenters. The summed E-state index contributed by atoms with van der Waals surface area (Å²) in [6.45, 7) is -0.00968. The smallest absolute Gasteiger partial charge is 0.389 e. The number of benzene rings is 1. The van der Waals surface area contributed by atoms with Crippen LogP contribution in [0.15, 0.2) is 12.1 Å². The Morgan fingerprint density at radius 1 is 1.00 bits per heavy atom. The fourth-order valence-electron chi connectivity index (χ4n) is 2.53. The third kappa shape index (κ3) is 4.17. The van der Waals surface area contributed by atoms with Gasteiger partial charge in [0.15, 0.2) is 0 Å². The van der Waals surface area contributed by atoms with Crippen LogP contribution in [0.4, 0.5) is 22.0 Å². The fraction of sp³-hybridized carbons (Fsp3) is 0.571. The van der Waals surface area contributed by atoms with E-state index in [-0.39, 0.29) is 38.2 Å². The number of rotatable bonds is 3. The maximum atomic E-state index is 13.7. The molecule has 1 aliphatic heterocycles. The summed E-state index contributed by atoms with van der Waals surface area (Å²) >= 11 is 0. The summed E-state index contributed by atoms with van der Waals surface area (Å²) in [7, 11) is 0. The van der Waals surface area contributed by atoms with Crippen LogP contribution < -0.4 is 0 Å². The van der Waals surface area contributed by atoms with E-state index in [4.69, 9.17) is 0 Å². The molecule has 0 bridgehead atoms. The molecule has 0 aliphatic carbocycles. The van der Waals surface area contributed by atoms with Crippen molar-refractivity contribution in [2.75, 3.05) is 19.6 Å². The largest absolute Gasteiger partial charge is 0.416 e. The van der Waals surface area contributed by atoms with Crippen molar-refractivity contribution in [2.45, 2.75) is 30.9 Å². The minimum absolute atomic E-state index is 0.0118. The molecular formula is C14H16F5NO3. The van der Waals surface area contributed by atoms with E-state index in [9.17, 15) is 37.3 Å². The van der Waals surface area contributed by atoms with E-state index in [1.165, 1.54) is 4.90 Å². The van der Waals surface area contributed by atoms with Gasteiger partial charge in [-0.3, -0.25) is 4.90 Å². The number of hydrogen-bond donors (Lipinski definition) is 3. The van der Waals surface area contributed by atoms with Crippen LogP contribution in [-0.4, -0.2) is 58.2 Å². The zero-order valence-corrected chi connectivity index (χ0v) is 11.9. The van der Waals surface area contributed by atoms with Crippen molar-refractivity contribution in [3.8, 4) is 0 Å². The normalized spacial score (nSPS) is 26.5. The van der Waals surface area contributed by atoms with E-state index < -0.39 is 47.2 Å². The van der Waals surface area contributed by atoms with Crippen molar-refractivity contribution in [3.05, 3.63) is 34.9 Å². The Kier molecular flexibility index (Phi) is 5.24. The molecule has 3 atom stereocenters. The molecule has 1 saturated heterocycles. The number of nitrogens with zero attached hydrogens (tertiary/aromatic N) is 1. The van der Waals surface area contributed by atoms with Crippen molar-refractivity contribution < 1.29 is 37.3 Å². The van der Waals surface area contributed by atoms with Gasteiger partial charge in [0, 0.05) is 25.2 Å². The summed E-state index contributed by atoms with van der Waals surface area (Å²) in [6, 6.07) is 0.476. The molecular weight excluding hydrogens is 325 g/mol. The molecule has 0 radical (unpaired) electrons. The number of piperidine rings is 1. The second-order valence-corrected chi connectivity index (χ2v) is 5.55. The Labute approximate surface area is 128 Å². The average Bonchev–Trinajstić information content (AvgIpc) is 2.42. The van der Waals surface area contributed by atoms with Crippen LogP contribution in [0, 0.1) is 11.6 Å². The van der Waals surface area contributed by atoms with Crippen LogP contribution in [0.2, 0.25) is 0 Å². The van der Waals surface area contributed by atoms with E-state index in [1.54, 1.807) is 0 Å². The van der Waals surface area contributed by atoms with Gasteiger partial charge in [-0.05, 0) is 18.6 Å². The van der Waals surface area contributed by atoms with Crippen molar-refractivity contribution in [2.24, 2.45) is 0 Å². The molecule has 130 valence electrons. The minimum atomic E-state index is -4.84. The molecule has 9 heteroatoms. The molecule has 1 fully saturated rings. The summed E-state index contributed by atoms with van der Waals surface area (Å²) in [4.78, 5) is 1.47. The molecule has 1 aromatic carbocycles. The maximum absolute atomic E-state index is 13.7. The number of β-amino-alcohol motifs (C(OH)–C–C–N with tert-alkyl or cyclic N) is 2. The molecule has 1 aliphatic rings. The SMILES string of the molecule is OC1[C@H](O)CN(CCc2c(F)cc(C(F)(F)F)cc2F)C[C@@H]1O. The van der Waals surface area contributed by atoms with E-state index in [1.807, 2.05) is 0 Å². The van der Waals surface area contributed by atoms with Crippen LogP contribution in [0.5, 0.6) is 0 Å². The van der Waals surface area contributed by atoms with Gasteiger partial charge in [0.1, 0.15) is 17.7 Å².